The van der Waals surface area contributed by atoms with E-state index in [9.17, 15) is 0 Å². The highest BCUT2D eigenvalue weighted by molar-refractivity contribution is 6.30. The van der Waals surface area contributed by atoms with Gasteiger partial charge in [0.05, 0.1) is 22.6 Å². The van der Waals surface area contributed by atoms with Gasteiger partial charge in [0.1, 0.15) is 0 Å². The Labute approximate surface area is 202 Å². The first-order chi connectivity index (χ1) is 16.8. The molecule has 0 fully saturated rings. The summed E-state index contributed by atoms with van der Waals surface area (Å²) in [6.07, 6.45) is 1.97. The van der Waals surface area contributed by atoms with Crippen LogP contribution < -0.4 is 0 Å². The maximum Gasteiger partial charge on any atom is 0.0934 e. The maximum atomic E-state index is 6.15. The monoisotopic (exact) mass is 457 g/mol. The fourth-order valence-electron chi connectivity index (χ4n) is 4.34. The van der Waals surface area contributed by atoms with Crippen LogP contribution in [-0.4, -0.2) is 14.8 Å². The van der Waals surface area contributed by atoms with E-state index in [0.717, 1.165) is 50.2 Å². The minimum Gasteiger partial charge on any atom is -0.256 e. The summed E-state index contributed by atoms with van der Waals surface area (Å²) in [7, 11) is 0. The molecule has 4 aromatic carbocycles. The molecule has 6 aromatic rings. The molecule has 0 saturated carbocycles. The fourth-order valence-corrected chi connectivity index (χ4v) is 4.47. The van der Waals surface area contributed by atoms with Crippen LogP contribution in [0.2, 0.25) is 5.02 Å². The lowest BCUT2D eigenvalue weighted by atomic mass is 9.95. The van der Waals surface area contributed by atoms with Gasteiger partial charge < -0.3 is 0 Å². The van der Waals surface area contributed by atoms with Crippen LogP contribution in [0.1, 0.15) is 0 Å². The van der Waals surface area contributed by atoms with Crippen molar-refractivity contribution < 1.29 is 0 Å². The van der Waals surface area contributed by atoms with Crippen LogP contribution >= 0.6 is 11.6 Å². The van der Waals surface area contributed by atoms with Crippen LogP contribution in [0, 0.1) is 0 Å². The number of pyridine rings is 1. The Morgan fingerprint density at radius 2 is 1.32 bits per heavy atom. The van der Waals surface area contributed by atoms with Gasteiger partial charge >= 0.3 is 0 Å². The second-order valence-corrected chi connectivity index (χ2v) is 8.54. The highest BCUT2D eigenvalue weighted by Gasteiger charge is 2.20. The number of benzene rings is 4. The summed E-state index contributed by atoms with van der Waals surface area (Å²) in [5, 5.41) is 6.84. The van der Waals surface area contributed by atoms with Gasteiger partial charge in [-0.1, -0.05) is 90.5 Å². The SMILES string of the molecule is Clc1ccc(-c2cc(-c3c(-c4ccccc4)cnc4ccccc34)n(-c3ccccc3)n2)cc1. The van der Waals surface area contributed by atoms with Gasteiger partial charge in [-0.25, -0.2) is 4.68 Å². The summed E-state index contributed by atoms with van der Waals surface area (Å²) in [6.45, 7) is 0. The minimum absolute atomic E-state index is 0.706. The Morgan fingerprint density at radius 1 is 0.647 bits per heavy atom. The zero-order valence-electron chi connectivity index (χ0n) is 18.3. The van der Waals surface area contributed by atoms with E-state index in [4.69, 9.17) is 21.7 Å². The molecule has 0 N–H and O–H groups in total. The zero-order valence-corrected chi connectivity index (χ0v) is 19.0. The van der Waals surface area contributed by atoms with Crippen molar-refractivity contribution in [2.45, 2.75) is 0 Å². The molecular formula is C30H20ClN3. The number of aromatic nitrogens is 3. The third-order valence-corrected chi connectivity index (χ3v) is 6.22. The van der Waals surface area contributed by atoms with Gasteiger partial charge in [-0.3, -0.25) is 4.98 Å². The van der Waals surface area contributed by atoms with Crippen LogP contribution in [0.3, 0.4) is 0 Å². The zero-order chi connectivity index (χ0) is 22.9. The molecule has 0 unspecified atom stereocenters. The van der Waals surface area contributed by atoms with E-state index >= 15 is 0 Å². The van der Waals surface area contributed by atoms with Gasteiger partial charge in [-0.05, 0) is 42.0 Å². The first-order valence-electron chi connectivity index (χ1n) is 11.1. The number of halogens is 1. The molecule has 0 aliphatic carbocycles. The van der Waals surface area contributed by atoms with Crippen LogP contribution in [0.5, 0.6) is 0 Å². The Hall–Kier alpha value is -4.21. The van der Waals surface area contributed by atoms with Crippen molar-refractivity contribution in [2.24, 2.45) is 0 Å². The van der Waals surface area contributed by atoms with Gasteiger partial charge in [0, 0.05) is 33.3 Å². The first kappa shape index (κ1) is 20.4. The molecular weight excluding hydrogens is 438 g/mol. The van der Waals surface area contributed by atoms with E-state index in [2.05, 4.69) is 60.7 Å². The summed E-state index contributed by atoms with van der Waals surface area (Å²) in [5.41, 5.74) is 8.14. The van der Waals surface area contributed by atoms with Crippen molar-refractivity contribution in [3.8, 4) is 39.3 Å². The van der Waals surface area contributed by atoms with Crippen LogP contribution in [-0.2, 0) is 0 Å². The highest BCUT2D eigenvalue weighted by Crippen LogP contribution is 2.39. The molecule has 0 radical (unpaired) electrons. The third-order valence-electron chi connectivity index (χ3n) is 5.97. The molecule has 34 heavy (non-hydrogen) atoms. The molecule has 4 heteroatoms. The molecule has 0 amide bonds. The number of fused-ring (bicyclic) bond motifs is 1. The second-order valence-electron chi connectivity index (χ2n) is 8.10. The Kier molecular flexibility index (Phi) is 5.17. The molecule has 0 aliphatic rings. The summed E-state index contributed by atoms with van der Waals surface area (Å²) in [6, 6.07) is 38.9. The van der Waals surface area contributed by atoms with Crippen molar-refractivity contribution in [1.82, 2.24) is 14.8 Å². The summed E-state index contributed by atoms with van der Waals surface area (Å²) >= 11 is 6.15. The molecule has 0 bridgehead atoms. The van der Waals surface area contributed by atoms with Crippen molar-refractivity contribution in [2.75, 3.05) is 0 Å². The van der Waals surface area contributed by atoms with Crippen molar-refractivity contribution in [1.29, 1.82) is 0 Å². The number of rotatable bonds is 4. The predicted octanol–water partition coefficient (Wildman–Crippen LogP) is 8.07. The van der Waals surface area contributed by atoms with Gasteiger partial charge in [0.25, 0.3) is 0 Å². The van der Waals surface area contributed by atoms with Crippen LogP contribution in [0.4, 0.5) is 0 Å². The molecule has 3 nitrogen and oxygen atoms in total. The average Bonchev–Trinajstić information content (AvgIpc) is 3.34. The molecule has 2 heterocycles. The van der Waals surface area contributed by atoms with Gasteiger partial charge in [-0.2, -0.15) is 5.10 Å². The van der Waals surface area contributed by atoms with E-state index in [1.807, 2.05) is 65.5 Å². The summed E-state index contributed by atoms with van der Waals surface area (Å²) < 4.78 is 2.03. The third kappa shape index (κ3) is 3.66. The Balaban J connectivity index is 1.69. The van der Waals surface area contributed by atoms with Crippen molar-refractivity contribution in [3.05, 3.63) is 126 Å². The maximum absolute atomic E-state index is 6.15. The van der Waals surface area contributed by atoms with E-state index in [1.54, 1.807) is 0 Å². The van der Waals surface area contributed by atoms with Crippen LogP contribution in [0.25, 0.3) is 50.2 Å². The second kappa shape index (κ2) is 8.62. The number of nitrogens with zero attached hydrogens (tertiary/aromatic N) is 3. The molecule has 0 aliphatic heterocycles. The smallest absolute Gasteiger partial charge is 0.0934 e. The first-order valence-corrected chi connectivity index (χ1v) is 11.5. The molecule has 162 valence electrons. The topological polar surface area (TPSA) is 30.7 Å². The largest absolute Gasteiger partial charge is 0.256 e. The average molecular weight is 458 g/mol. The molecule has 2 aromatic heterocycles. The van der Waals surface area contributed by atoms with E-state index in [-0.39, 0.29) is 0 Å². The number of hydrogen-bond acceptors (Lipinski definition) is 2. The number of para-hydroxylation sites is 2. The predicted molar refractivity (Wildman–Crippen MR) is 140 cm³/mol. The Morgan fingerprint density at radius 3 is 2.09 bits per heavy atom. The lowest BCUT2D eigenvalue weighted by Gasteiger charge is -2.15. The fraction of sp³-hybridized carbons (Fsp3) is 0. The van der Waals surface area contributed by atoms with Crippen molar-refractivity contribution >= 4 is 22.5 Å². The van der Waals surface area contributed by atoms with Crippen molar-refractivity contribution in [3.63, 3.8) is 0 Å². The molecule has 0 spiro atoms. The summed E-state index contributed by atoms with van der Waals surface area (Å²) in [4.78, 5) is 4.78. The molecule has 0 atom stereocenters. The minimum atomic E-state index is 0.706. The standard InChI is InChI=1S/C30H20ClN3/c31-23-17-15-22(16-18-23)28-19-29(34(33-28)24-11-5-2-6-12-24)30-25-13-7-8-14-27(25)32-20-26(30)21-9-3-1-4-10-21/h1-20H. The van der Waals surface area contributed by atoms with Gasteiger partial charge in [-0.15, -0.1) is 0 Å². The molecule has 0 saturated heterocycles. The van der Waals surface area contributed by atoms with Crippen LogP contribution in [0.15, 0.2) is 121 Å². The summed E-state index contributed by atoms with van der Waals surface area (Å²) in [5.74, 6) is 0. The number of hydrogen-bond donors (Lipinski definition) is 0. The van der Waals surface area contributed by atoms with Gasteiger partial charge in [0.15, 0.2) is 0 Å². The van der Waals surface area contributed by atoms with E-state index in [0.29, 0.717) is 5.02 Å². The normalized spacial score (nSPS) is 11.1. The van der Waals surface area contributed by atoms with E-state index < -0.39 is 0 Å². The lowest BCUT2D eigenvalue weighted by Crippen LogP contribution is -2.01. The Bertz CT molecular complexity index is 1590. The van der Waals surface area contributed by atoms with E-state index in [1.165, 1.54) is 0 Å². The highest BCUT2D eigenvalue weighted by atomic mass is 35.5. The lowest BCUT2D eigenvalue weighted by molar-refractivity contribution is 0.892. The molecule has 6 rings (SSSR count). The van der Waals surface area contributed by atoms with Gasteiger partial charge in [0.2, 0.25) is 0 Å². The quantitative estimate of drug-likeness (QED) is 0.268.